The Balaban J connectivity index is 2.21. The minimum atomic E-state index is -0.619. The van der Waals surface area contributed by atoms with Gasteiger partial charge in [-0.05, 0) is 25.0 Å². The zero-order valence-corrected chi connectivity index (χ0v) is 13.3. The fourth-order valence-corrected chi connectivity index (χ4v) is 2.44. The summed E-state index contributed by atoms with van der Waals surface area (Å²) >= 11 is 0. The van der Waals surface area contributed by atoms with Crippen LogP contribution in [0, 0.1) is 11.6 Å². The maximum atomic E-state index is 13.9. The molecule has 1 heterocycles. The van der Waals surface area contributed by atoms with Crippen molar-refractivity contribution in [2.24, 2.45) is 0 Å². The molecule has 120 valence electrons. The van der Waals surface area contributed by atoms with E-state index in [1.54, 1.807) is 0 Å². The van der Waals surface area contributed by atoms with Gasteiger partial charge in [-0.3, -0.25) is 0 Å². The molecule has 0 saturated heterocycles. The molecule has 0 aliphatic carbocycles. The molecule has 0 atom stereocenters. The van der Waals surface area contributed by atoms with Gasteiger partial charge in [0, 0.05) is 19.0 Å². The summed E-state index contributed by atoms with van der Waals surface area (Å²) in [5.74, 6) is 0.00868. The number of aryl methyl sites for hydroxylation is 2. The number of hydrogen-bond donors (Lipinski definition) is 0. The first kappa shape index (κ1) is 16.6. The summed E-state index contributed by atoms with van der Waals surface area (Å²) in [6.45, 7) is 5.05. The Labute approximate surface area is 130 Å². The highest BCUT2D eigenvalue weighted by atomic mass is 19.1. The fraction of sp³-hybridized carbons (Fsp3) is 0.529. The number of halogens is 2. The van der Waals surface area contributed by atoms with E-state index < -0.39 is 11.6 Å². The van der Waals surface area contributed by atoms with Crippen LogP contribution in [0.25, 0.3) is 11.4 Å². The molecule has 2 rings (SSSR count). The highest BCUT2D eigenvalue weighted by molar-refractivity contribution is 5.55. The van der Waals surface area contributed by atoms with Crippen molar-refractivity contribution in [3.8, 4) is 11.4 Å². The topological polar surface area (TPSA) is 30.7 Å². The van der Waals surface area contributed by atoms with Crippen molar-refractivity contribution in [2.75, 3.05) is 0 Å². The molecule has 0 saturated carbocycles. The van der Waals surface area contributed by atoms with E-state index in [4.69, 9.17) is 0 Å². The fourth-order valence-electron chi connectivity index (χ4n) is 2.44. The van der Waals surface area contributed by atoms with Gasteiger partial charge in [-0.1, -0.05) is 33.1 Å². The Bertz CT molecular complexity index is 608. The third kappa shape index (κ3) is 4.12. The van der Waals surface area contributed by atoms with Crippen molar-refractivity contribution in [1.82, 2.24) is 14.8 Å². The second kappa shape index (κ2) is 8.01. The lowest BCUT2D eigenvalue weighted by Gasteiger charge is -2.04. The minimum Gasteiger partial charge on any atom is -0.249 e. The second-order valence-corrected chi connectivity index (χ2v) is 5.51. The monoisotopic (exact) mass is 307 g/mol. The molecule has 0 amide bonds. The van der Waals surface area contributed by atoms with E-state index in [1.165, 1.54) is 25.0 Å². The Morgan fingerprint density at radius 1 is 1.05 bits per heavy atom. The smallest absolute Gasteiger partial charge is 0.184 e. The molecule has 0 N–H and O–H groups in total. The lowest BCUT2D eigenvalue weighted by molar-refractivity contribution is 0.519. The van der Waals surface area contributed by atoms with E-state index in [0.29, 0.717) is 5.82 Å². The van der Waals surface area contributed by atoms with Crippen molar-refractivity contribution < 1.29 is 8.78 Å². The molecule has 0 radical (unpaired) electrons. The number of unbranched alkanes of at least 4 members (excludes halogenated alkanes) is 3. The molecule has 0 fully saturated rings. The molecule has 0 aliphatic rings. The molecule has 1 aromatic carbocycles. The van der Waals surface area contributed by atoms with E-state index >= 15 is 0 Å². The van der Waals surface area contributed by atoms with E-state index in [-0.39, 0.29) is 5.56 Å². The van der Waals surface area contributed by atoms with Gasteiger partial charge in [-0.2, -0.15) is 5.10 Å². The Morgan fingerprint density at radius 2 is 1.86 bits per heavy atom. The Hall–Kier alpha value is -1.78. The Kier molecular flexibility index (Phi) is 6.04. The summed E-state index contributed by atoms with van der Waals surface area (Å²) in [5, 5.41) is 4.43. The van der Waals surface area contributed by atoms with Crippen LogP contribution in [0.4, 0.5) is 8.78 Å². The highest BCUT2D eigenvalue weighted by Gasteiger charge is 2.14. The molecule has 5 heteroatoms. The van der Waals surface area contributed by atoms with Crippen LogP contribution in [0.15, 0.2) is 18.2 Å². The summed E-state index contributed by atoms with van der Waals surface area (Å²) in [6.07, 6.45) is 6.35. The molecule has 0 spiro atoms. The first-order valence-electron chi connectivity index (χ1n) is 8.04. The van der Waals surface area contributed by atoms with Gasteiger partial charge in [0.2, 0.25) is 0 Å². The van der Waals surface area contributed by atoms with Crippen LogP contribution in [0.3, 0.4) is 0 Å². The zero-order valence-electron chi connectivity index (χ0n) is 13.3. The number of hydrogen-bond acceptors (Lipinski definition) is 2. The molecule has 22 heavy (non-hydrogen) atoms. The molecule has 1 aromatic heterocycles. The first-order chi connectivity index (χ1) is 10.7. The number of aromatic nitrogens is 3. The first-order valence-corrected chi connectivity index (χ1v) is 8.04. The molecular formula is C17H23F2N3. The third-order valence-corrected chi connectivity index (χ3v) is 3.62. The van der Waals surface area contributed by atoms with Gasteiger partial charge in [0.1, 0.15) is 17.5 Å². The van der Waals surface area contributed by atoms with Crippen LogP contribution in [0.5, 0.6) is 0 Å². The number of rotatable bonds is 8. The summed E-state index contributed by atoms with van der Waals surface area (Å²) in [4.78, 5) is 4.45. The lowest BCUT2D eigenvalue weighted by Crippen LogP contribution is -2.05. The van der Waals surface area contributed by atoms with Crippen molar-refractivity contribution >= 4 is 0 Å². The van der Waals surface area contributed by atoms with Gasteiger partial charge in [0.15, 0.2) is 5.82 Å². The van der Waals surface area contributed by atoms with Crippen LogP contribution in [0.2, 0.25) is 0 Å². The molecule has 3 nitrogen and oxygen atoms in total. The number of benzene rings is 1. The zero-order chi connectivity index (χ0) is 15.9. The quantitative estimate of drug-likeness (QED) is 0.659. The predicted molar refractivity (Wildman–Crippen MR) is 83.5 cm³/mol. The summed E-state index contributed by atoms with van der Waals surface area (Å²) in [7, 11) is 0. The summed E-state index contributed by atoms with van der Waals surface area (Å²) in [5.41, 5.74) is 0.256. The average molecular weight is 307 g/mol. The van der Waals surface area contributed by atoms with Crippen LogP contribution in [0.1, 0.15) is 51.8 Å². The van der Waals surface area contributed by atoms with Crippen LogP contribution in [-0.4, -0.2) is 14.8 Å². The van der Waals surface area contributed by atoms with Gasteiger partial charge in [0.25, 0.3) is 0 Å². The molecular weight excluding hydrogens is 284 g/mol. The maximum absolute atomic E-state index is 13.9. The standard InChI is InChI=1S/C17H23F2N3/c1-3-5-6-7-11-22-16(8-4-2)20-17(21-22)14-10-9-13(18)12-15(14)19/h9-10,12H,3-8,11H2,1-2H3. The van der Waals surface area contributed by atoms with E-state index in [2.05, 4.69) is 23.9 Å². The highest BCUT2D eigenvalue weighted by Crippen LogP contribution is 2.21. The predicted octanol–water partition coefficient (Wildman–Crippen LogP) is 4.76. The van der Waals surface area contributed by atoms with Crippen LogP contribution >= 0.6 is 0 Å². The van der Waals surface area contributed by atoms with E-state index in [1.807, 2.05) is 4.68 Å². The summed E-state index contributed by atoms with van der Waals surface area (Å²) < 4.78 is 28.8. The molecule has 0 aliphatic heterocycles. The molecule has 0 bridgehead atoms. The second-order valence-electron chi connectivity index (χ2n) is 5.51. The molecule has 0 unspecified atom stereocenters. The lowest BCUT2D eigenvalue weighted by atomic mass is 10.2. The van der Waals surface area contributed by atoms with Gasteiger partial charge in [0.05, 0.1) is 5.56 Å². The largest absolute Gasteiger partial charge is 0.249 e. The average Bonchev–Trinajstić information content (AvgIpc) is 2.87. The van der Waals surface area contributed by atoms with Crippen molar-refractivity contribution in [3.63, 3.8) is 0 Å². The SMILES string of the molecule is CCCCCCn1nc(-c2ccc(F)cc2F)nc1CCC. The minimum absolute atomic E-state index is 0.256. The van der Waals surface area contributed by atoms with Crippen LogP contribution < -0.4 is 0 Å². The summed E-state index contributed by atoms with van der Waals surface area (Å²) in [6, 6.07) is 3.51. The van der Waals surface area contributed by atoms with Crippen molar-refractivity contribution in [1.29, 1.82) is 0 Å². The van der Waals surface area contributed by atoms with Crippen LogP contribution in [-0.2, 0) is 13.0 Å². The maximum Gasteiger partial charge on any atom is 0.184 e. The van der Waals surface area contributed by atoms with Crippen molar-refractivity contribution in [3.05, 3.63) is 35.7 Å². The third-order valence-electron chi connectivity index (χ3n) is 3.62. The van der Waals surface area contributed by atoms with Crippen molar-refractivity contribution in [2.45, 2.75) is 58.9 Å². The van der Waals surface area contributed by atoms with E-state index in [0.717, 1.165) is 44.1 Å². The number of nitrogens with zero attached hydrogens (tertiary/aromatic N) is 3. The normalized spacial score (nSPS) is 11.1. The van der Waals surface area contributed by atoms with Gasteiger partial charge in [-0.25, -0.2) is 18.4 Å². The molecule has 2 aromatic rings. The Morgan fingerprint density at radius 3 is 2.55 bits per heavy atom. The van der Waals surface area contributed by atoms with Gasteiger partial charge >= 0.3 is 0 Å². The van der Waals surface area contributed by atoms with Gasteiger partial charge in [-0.15, -0.1) is 0 Å². The van der Waals surface area contributed by atoms with E-state index in [9.17, 15) is 8.78 Å². The van der Waals surface area contributed by atoms with Gasteiger partial charge < -0.3 is 0 Å².